The highest BCUT2D eigenvalue weighted by Crippen LogP contribution is 2.64. The summed E-state index contributed by atoms with van der Waals surface area (Å²) in [6.45, 7) is -2.96. The molecule has 0 saturated heterocycles. The van der Waals surface area contributed by atoms with Crippen molar-refractivity contribution in [2.24, 2.45) is 5.92 Å². The number of hydroxylamine groups is 1. The summed E-state index contributed by atoms with van der Waals surface area (Å²) in [5.74, 6) is -2.30. The second-order valence-corrected chi connectivity index (χ2v) is 7.12. The van der Waals surface area contributed by atoms with Crippen molar-refractivity contribution in [2.75, 3.05) is 0 Å². The third-order valence-electron chi connectivity index (χ3n) is 5.41. The van der Waals surface area contributed by atoms with Gasteiger partial charge in [0.15, 0.2) is 11.6 Å². The molecule has 0 spiro atoms. The molecule has 1 aromatic carbocycles. The van der Waals surface area contributed by atoms with Gasteiger partial charge in [0, 0.05) is 17.4 Å². The molecule has 0 bridgehead atoms. The number of hydrogen-bond acceptors (Lipinski definition) is 5. The minimum Gasteiger partial charge on any atom is -0.432 e. The Balaban J connectivity index is 1.57. The van der Waals surface area contributed by atoms with Crippen LogP contribution in [0, 0.1) is 5.92 Å². The number of nitrogens with zero attached hydrogens (tertiary/aromatic N) is 2. The number of carbonyl (C=O) groups is 1. The van der Waals surface area contributed by atoms with E-state index in [1.165, 1.54) is 5.48 Å². The van der Waals surface area contributed by atoms with Crippen molar-refractivity contribution in [2.45, 2.75) is 31.0 Å². The Morgan fingerprint density at radius 3 is 2.47 bits per heavy atom. The van der Waals surface area contributed by atoms with Crippen LogP contribution in [0.1, 0.15) is 24.3 Å². The molecule has 30 heavy (non-hydrogen) atoms. The van der Waals surface area contributed by atoms with Crippen molar-refractivity contribution in [3.8, 4) is 17.1 Å². The lowest BCUT2D eigenvalue weighted by Crippen LogP contribution is -2.33. The molecule has 1 amide bonds. The number of carbonyl (C=O) groups excluding carboxylic acids is 1. The molecule has 2 aliphatic carbocycles. The molecule has 2 aromatic rings. The van der Waals surface area contributed by atoms with E-state index in [0.29, 0.717) is 17.5 Å². The van der Waals surface area contributed by atoms with Gasteiger partial charge in [-0.15, -0.1) is 0 Å². The summed E-state index contributed by atoms with van der Waals surface area (Å²) in [6.07, 6.45) is 9.33. The summed E-state index contributed by atoms with van der Waals surface area (Å²) in [7, 11) is 0. The highest BCUT2D eigenvalue weighted by atomic mass is 19.3. The van der Waals surface area contributed by atoms with E-state index in [-0.39, 0.29) is 11.6 Å². The number of ether oxygens (including phenoxy) is 1. The normalized spacial score (nSPS) is 25.0. The van der Waals surface area contributed by atoms with Crippen molar-refractivity contribution in [1.82, 2.24) is 15.4 Å². The van der Waals surface area contributed by atoms with E-state index in [4.69, 9.17) is 5.21 Å². The maximum atomic E-state index is 15.5. The van der Waals surface area contributed by atoms with E-state index >= 15 is 4.39 Å². The third-order valence-corrected chi connectivity index (χ3v) is 5.41. The van der Waals surface area contributed by atoms with Gasteiger partial charge in [-0.25, -0.2) is 19.8 Å². The Kier molecular flexibility index (Phi) is 5.29. The van der Waals surface area contributed by atoms with Gasteiger partial charge in [-0.1, -0.05) is 48.1 Å². The molecular formula is C21H18F3N3O3. The van der Waals surface area contributed by atoms with Crippen LogP contribution < -0.4 is 10.2 Å². The fourth-order valence-corrected chi connectivity index (χ4v) is 3.99. The second-order valence-electron chi connectivity index (χ2n) is 7.12. The van der Waals surface area contributed by atoms with Gasteiger partial charge in [-0.3, -0.25) is 10.0 Å². The molecule has 2 N–H and O–H groups in total. The average molecular weight is 417 g/mol. The maximum Gasteiger partial charge on any atom is 0.387 e. The first-order valence-corrected chi connectivity index (χ1v) is 9.31. The van der Waals surface area contributed by atoms with Gasteiger partial charge in [0.1, 0.15) is 0 Å². The van der Waals surface area contributed by atoms with E-state index in [1.54, 1.807) is 24.3 Å². The van der Waals surface area contributed by atoms with Crippen LogP contribution in [0.25, 0.3) is 11.4 Å². The van der Waals surface area contributed by atoms with Gasteiger partial charge in [0.2, 0.25) is 5.67 Å². The minimum atomic E-state index is -2.96. The Labute approximate surface area is 170 Å². The highest BCUT2D eigenvalue weighted by Gasteiger charge is 2.72. The van der Waals surface area contributed by atoms with E-state index in [2.05, 4.69) is 14.7 Å². The van der Waals surface area contributed by atoms with Crippen molar-refractivity contribution in [3.63, 3.8) is 0 Å². The number of hydrogen-bond donors (Lipinski definition) is 2. The molecule has 156 valence electrons. The minimum absolute atomic E-state index is 0.154. The topological polar surface area (TPSA) is 84.3 Å². The number of allylic oxidation sites excluding steroid dienone is 4. The van der Waals surface area contributed by atoms with Gasteiger partial charge >= 0.3 is 6.61 Å². The number of rotatable bonds is 6. The lowest BCUT2D eigenvalue weighted by molar-refractivity contribution is -0.136. The van der Waals surface area contributed by atoms with E-state index in [9.17, 15) is 13.6 Å². The van der Waals surface area contributed by atoms with Crippen LogP contribution in [-0.4, -0.2) is 33.4 Å². The fourth-order valence-electron chi connectivity index (χ4n) is 3.99. The lowest BCUT2D eigenvalue weighted by Gasteiger charge is -2.09. The molecule has 1 aromatic heterocycles. The number of benzene rings is 1. The lowest BCUT2D eigenvalue weighted by atomic mass is 9.97. The van der Waals surface area contributed by atoms with Crippen molar-refractivity contribution in [3.05, 3.63) is 66.0 Å². The van der Waals surface area contributed by atoms with Crippen LogP contribution >= 0.6 is 0 Å². The van der Waals surface area contributed by atoms with Crippen molar-refractivity contribution >= 4 is 5.91 Å². The van der Waals surface area contributed by atoms with Crippen LogP contribution in [0.15, 0.2) is 60.5 Å². The summed E-state index contributed by atoms with van der Waals surface area (Å²) in [5, 5.41) is 9.01. The predicted octanol–water partition coefficient (Wildman–Crippen LogP) is 3.95. The quantitative estimate of drug-likeness (QED) is 0.549. The van der Waals surface area contributed by atoms with Crippen LogP contribution in [0.3, 0.4) is 0 Å². The van der Waals surface area contributed by atoms with Gasteiger partial charge in [-0.2, -0.15) is 8.78 Å². The molecule has 6 nitrogen and oxygen atoms in total. The second kappa shape index (κ2) is 7.91. The van der Waals surface area contributed by atoms with Gasteiger partial charge in [-0.05, 0) is 18.4 Å². The molecule has 3 atom stereocenters. The Hall–Kier alpha value is -3.20. The molecule has 1 fully saturated rings. The molecule has 4 rings (SSSR count). The largest absolute Gasteiger partial charge is 0.432 e. The van der Waals surface area contributed by atoms with Crippen molar-refractivity contribution < 1.29 is 27.9 Å². The number of alkyl halides is 3. The number of nitrogens with one attached hydrogen (secondary N) is 1. The number of amides is 1. The molecule has 0 radical (unpaired) electrons. The van der Waals surface area contributed by atoms with Crippen LogP contribution in [0.2, 0.25) is 0 Å². The van der Waals surface area contributed by atoms with Crippen molar-refractivity contribution in [1.29, 1.82) is 0 Å². The van der Waals surface area contributed by atoms with E-state index in [0.717, 1.165) is 24.4 Å². The first-order chi connectivity index (χ1) is 14.4. The van der Waals surface area contributed by atoms with E-state index in [1.807, 2.05) is 18.2 Å². The van der Waals surface area contributed by atoms with Crippen LogP contribution in [0.4, 0.5) is 13.2 Å². The number of aromatic nitrogens is 2. The first kappa shape index (κ1) is 20.1. The van der Waals surface area contributed by atoms with E-state index < -0.39 is 30.0 Å². The number of halogens is 3. The Morgan fingerprint density at radius 2 is 1.90 bits per heavy atom. The molecule has 1 saturated carbocycles. The predicted molar refractivity (Wildman–Crippen MR) is 101 cm³/mol. The molecule has 0 unspecified atom stereocenters. The standard InChI is InChI=1S/C21H18F3N3O3/c22-20(23)30-15-10-25-18(26-11-15)14-8-6-13(7-9-14)17-16(12-4-2-1-3-5-12)21(17,24)19(28)27-29/h1-2,4,6-11,16-17,20,29H,3,5H2,(H,27,28)/t16-,17-,21+/m1/s1. The first-order valence-electron chi connectivity index (χ1n) is 9.31. The molecule has 9 heteroatoms. The molecule has 0 aliphatic heterocycles. The van der Waals surface area contributed by atoms with Gasteiger partial charge < -0.3 is 4.74 Å². The zero-order chi connectivity index (χ0) is 21.3. The fraction of sp³-hybridized carbons (Fsp3) is 0.286. The van der Waals surface area contributed by atoms with Gasteiger partial charge in [0.25, 0.3) is 5.91 Å². The van der Waals surface area contributed by atoms with Crippen LogP contribution in [0.5, 0.6) is 5.75 Å². The zero-order valence-corrected chi connectivity index (χ0v) is 15.6. The monoisotopic (exact) mass is 417 g/mol. The average Bonchev–Trinajstić information content (AvgIpc) is 3.41. The molecular weight excluding hydrogens is 399 g/mol. The summed E-state index contributed by atoms with van der Waals surface area (Å²) >= 11 is 0. The zero-order valence-electron chi connectivity index (χ0n) is 15.6. The molecule has 2 aliphatic rings. The highest BCUT2D eigenvalue weighted by molar-refractivity contribution is 5.91. The SMILES string of the molecule is O=C(NO)[C@]1(F)[C@H](C2=CC=CCC2)[C@H]1c1ccc(-c2ncc(OC(F)F)cn2)cc1. The van der Waals surface area contributed by atoms with Gasteiger partial charge in [0.05, 0.1) is 12.4 Å². The Morgan fingerprint density at radius 1 is 1.20 bits per heavy atom. The molecule has 1 heterocycles. The summed E-state index contributed by atoms with van der Waals surface area (Å²) in [6, 6.07) is 6.68. The Bertz CT molecular complexity index is 993. The maximum absolute atomic E-state index is 15.5. The smallest absolute Gasteiger partial charge is 0.387 e. The third kappa shape index (κ3) is 3.56. The summed E-state index contributed by atoms with van der Waals surface area (Å²) < 4.78 is 44.2. The van der Waals surface area contributed by atoms with Crippen LogP contribution in [-0.2, 0) is 4.79 Å². The summed E-state index contributed by atoms with van der Waals surface area (Å²) in [5.41, 5.74) is 1.25. The summed E-state index contributed by atoms with van der Waals surface area (Å²) in [4.78, 5) is 20.0.